The zero-order valence-corrected chi connectivity index (χ0v) is 14.0. The molecule has 0 amide bonds. The van der Waals surface area contributed by atoms with Crippen molar-refractivity contribution < 1.29 is 13.2 Å². The Bertz CT molecular complexity index is 527. The Morgan fingerprint density at radius 2 is 1.76 bits per heavy atom. The summed E-state index contributed by atoms with van der Waals surface area (Å²) in [7, 11) is -3.54. The maximum absolute atomic E-state index is 12.2. The molecule has 6 heteroatoms. The molecular weight excluding hydrogens is 288 g/mol. The van der Waals surface area contributed by atoms with Gasteiger partial charge in [-0.25, -0.2) is 13.1 Å². The maximum atomic E-state index is 12.2. The lowest BCUT2D eigenvalue weighted by atomic mass is 10.3. The molecule has 1 rings (SSSR count). The summed E-state index contributed by atoms with van der Waals surface area (Å²) in [6, 6.07) is 7.00. The fraction of sp³-hybridized carbons (Fsp3) is 0.600. The highest BCUT2D eigenvalue weighted by Crippen LogP contribution is 2.23. The van der Waals surface area contributed by atoms with Gasteiger partial charge in [0.2, 0.25) is 10.0 Å². The minimum atomic E-state index is -3.54. The molecule has 0 atom stereocenters. The summed E-state index contributed by atoms with van der Waals surface area (Å²) in [5.41, 5.74) is 0. The molecule has 0 saturated heterocycles. The zero-order chi connectivity index (χ0) is 15.9. The minimum absolute atomic E-state index is 0.154. The molecule has 0 aliphatic heterocycles. The lowest BCUT2D eigenvalue weighted by molar-refractivity contribution is 0.298. The van der Waals surface area contributed by atoms with E-state index in [4.69, 9.17) is 4.74 Å². The fourth-order valence-corrected chi connectivity index (χ4v) is 3.21. The van der Waals surface area contributed by atoms with E-state index in [1.54, 1.807) is 38.1 Å². The van der Waals surface area contributed by atoms with Crippen LogP contribution in [0, 0.1) is 0 Å². The quantitative estimate of drug-likeness (QED) is 0.685. The first kappa shape index (κ1) is 17.9. The van der Waals surface area contributed by atoms with E-state index in [2.05, 4.69) is 23.9 Å². The molecule has 1 aromatic rings. The van der Waals surface area contributed by atoms with Gasteiger partial charge in [-0.1, -0.05) is 26.0 Å². The van der Waals surface area contributed by atoms with Crippen LogP contribution in [0.15, 0.2) is 29.2 Å². The third-order valence-electron chi connectivity index (χ3n) is 2.66. The van der Waals surface area contributed by atoms with Gasteiger partial charge in [-0.15, -0.1) is 0 Å². The van der Waals surface area contributed by atoms with Crippen LogP contribution in [0.3, 0.4) is 0 Å². The molecule has 0 aliphatic carbocycles. The van der Waals surface area contributed by atoms with Crippen LogP contribution in [0.1, 0.15) is 34.1 Å². The second kappa shape index (κ2) is 8.36. The molecule has 0 aliphatic rings. The van der Waals surface area contributed by atoms with Crippen LogP contribution in [0.5, 0.6) is 5.75 Å². The van der Waals surface area contributed by atoms with Crippen molar-refractivity contribution in [2.24, 2.45) is 0 Å². The van der Waals surface area contributed by atoms with Gasteiger partial charge in [-0.2, -0.15) is 0 Å². The van der Waals surface area contributed by atoms with Gasteiger partial charge < -0.3 is 10.1 Å². The number of ether oxygens (including phenoxy) is 1. The van der Waals surface area contributed by atoms with Gasteiger partial charge in [0, 0.05) is 12.1 Å². The summed E-state index contributed by atoms with van der Waals surface area (Å²) >= 11 is 0. The predicted molar refractivity (Wildman–Crippen MR) is 85.2 cm³/mol. The van der Waals surface area contributed by atoms with E-state index in [1.165, 1.54) is 0 Å². The van der Waals surface area contributed by atoms with Gasteiger partial charge in [0.15, 0.2) is 0 Å². The smallest absolute Gasteiger partial charge is 0.244 e. The van der Waals surface area contributed by atoms with Gasteiger partial charge in [0.05, 0.1) is 6.61 Å². The average molecular weight is 314 g/mol. The van der Waals surface area contributed by atoms with Crippen LogP contribution >= 0.6 is 0 Å². The Morgan fingerprint density at radius 1 is 1.10 bits per heavy atom. The Labute approximate surface area is 128 Å². The summed E-state index contributed by atoms with van der Waals surface area (Å²) in [5.74, 6) is 0.398. The minimum Gasteiger partial charge on any atom is -0.492 e. The molecule has 0 fully saturated rings. The first-order chi connectivity index (χ1) is 9.83. The van der Waals surface area contributed by atoms with Crippen LogP contribution < -0.4 is 14.8 Å². The molecule has 1 aromatic carbocycles. The fourth-order valence-electron chi connectivity index (χ4n) is 1.81. The number of hydrogen-bond acceptors (Lipinski definition) is 4. The number of hydrogen-bond donors (Lipinski definition) is 2. The monoisotopic (exact) mass is 314 g/mol. The molecule has 0 spiro atoms. The van der Waals surface area contributed by atoms with E-state index < -0.39 is 10.0 Å². The Kier molecular flexibility index (Phi) is 7.14. The third-order valence-corrected chi connectivity index (χ3v) is 4.36. The number of para-hydroxylation sites is 1. The molecule has 0 radical (unpaired) electrons. The van der Waals surface area contributed by atoms with Crippen molar-refractivity contribution in [3.05, 3.63) is 24.3 Å². The Hall–Kier alpha value is -1.11. The van der Waals surface area contributed by atoms with Gasteiger partial charge >= 0.3 is 0 Å². The van der Waals surface area contributed by atoms with E-state index >= 15 is 0 Å². The molecule has 0 bridgehead atoms. The molecule has 5 nitrogen and oxygen atoms in total. The molecule has 0 unspecified atom stereocenters. The zero-order valence-electron chi connectivity index (χ0n) is 13.2. The van der Waals surface area contributed by atoms with E-state index in [0.29, 0.717) is 18.4 Å². The molecule has 0 heterocycles. The van der Waals surface area contributed by atoms with Crippen molar-refractivity contribution in [1.29, 1.82) is 0 Å². The van der Waals surface area contributed by atoms with Crippen molar-refractivity contribution in [3.8, 4) is 5.75 Å². The molecule has 120 valence electrons. The van der Waals surface area contributed by atoms with Crippen molar-refractivity contribution in [3.63, 3.8) is 0 Å². The van der Waals surface area contributed by atoms with Crippen LogP contribution in [-0.2, 0) is 10.0 Å². The normalized spacial score (nSPS) is 12.1. The van der Waals surface area contributed by atoms with Gasteiger partial charge in [0.25, 0.3) is 0 Å². The second-order valence-electron chi connectivity index (χ2n) is 5.53. The van der Waals surface area contributed by atoms with Crippen LogP contribution in [0.2, 0.25) is 0 Å². The number of sulfonamides is 1. The maximum Gasteiger partial charge on any atom is 0.244 e. The lowest BCUT2D eigenvalue weighted by Gasteiger charge is -2.14. The summed E-state index contributed by atoms with van der Waals surface area (Å²) in [6.45, 7) is 9.07. The van der Waals surface area contributed by atoms with E-state index in [0.717, 1.165) is 13.0 Å². The lowest BCUT2D eigenvalue weighted by Crippen LogP contribution is -2.30. The summed E-state index contributed by atoms with van der Waals surface area (Å²) in [6.07, 6.45) is 0.824. The highest BCUT2D eigenvalue weighted by molar-refractivity contribution is 7.89. The SMILES string of the molecule is CC(C)NCCCOc1ccccc1S(=O)(=O)NC(C)C. The Balaban J connectivity index is 2.67. The summed E-state index contributed by atoms with van der Waals surface area (Å²) < 4.78 is 32.7. The largest absolute Gasteiger partial charge is 0.492 e. The van der Waals surface area contributed by atoms with Gasteiger partial charge in [0.1, 0.15) is 10.6 Å². The van der Waals surface area contributed by atoms with E-state index in [-0.39, 0.29) is 10.9 Å². The highest BCUT2D eigenvalue weighted by atomic mass is 32.2. The first-order valence-electron chi connectivity index (χ1n) is 7.30. The van der Waals surface area contributed by atoms with E-state index in [9.17, 15) is 8.42 Å². The number of rotatable bonds is 9. The molecular formula is C15H26N2O3S. The van der Waals surface area contributed by atoms with E-state index in [1.807, 2.05) is 0 Å². The summed E-state index contributed by atoms with van der Waals surface area (Å²) in [5, 5.41) is 3.29. The van der Waals surface area contributed by atoms with Crippen LogP contribution in [0.25, 0.3) is 0 Å². The van der Waals surface area contributed by atoms with Crippen molar-refractivity contribution in [2.75, 3.05) is 13.2 Å². The third kappa shape index (κ3) is 6.46. The molecule has 0 saturated carbocycles. The predicted octanol–water partition coefficient (Wildman–Crippen LogP) is 2.14. The number of nitrogens with one attached hydrogen (secondary N) is 2. The highest BCUT2D eigenvalue weighted by Gasteiger charge is 2.19. The standard InChI is InChI=1S/C15H26N2O3S/c1-12(2)16-10-7-11-20-14-8-5-6-9-15(14)21(18,19)17-13(3)4/h5-6,8-9,12-13,16-17H,7,10-11H2,1-4H3. The topological polar surface area (TPSA) is 67.4 Å². The molecule has 0 aromatic heterocycles. The Morgan fingerprint density at radius 3 is 2.38 bits per heavy atom. The second-order valence-corrected chi connectivity index (χ2v) is 7.22. The van der Waals surface area contributed by atoms with Crippen LogP contribution in [-0.4, -0.2) is 33.7 Å². The van der Waals surface area contributed by atoms with Gasteiger partial charge in [-0.05, 0) is 38.9 Å². The van der Waals surface area contributed by atoms with Crippen molar-refractivity contribution in [2.45, 2.75) is 51.1 Å². The molecule has 21 heavy (non-hydrogen) atoms. The first-order valence-corrected chi connectivity index (χ1v) is 8.79. The summed E-state index contributed by atoms with van der Waals surface area (Å²) in [4.78, 5) is 0.190. The van der Waals surface area contributed by atoms with Crippen molar-refractivity contribution in [1.82, 2.24) is 10.0 Å². The van der Waals surface area contributed by atoms with Gasteiger partial charge in [-0.3, -0.25) is 0 Å². The molecule has 2 N–H and O–H groups in total. The van der Waals surface area contributed by atoms with Crippen molar-refractivity contribution >= 4 is 10.0 Å². The average Bonchev–Trinajstić information content (AvgIpc) is 2.37. The van der Waals surface area contributed by atoms with Crippen LogP contribution in [0.4, 0.5) is 0 Å². The number of benzene rings is 1.